The number of amides is 1. The lowest BCUT2D eigenvalue weighted by atomic mass is 10.1. The molecule has 0 heterocycles. The van der Waals surface area contributed by atoms with Crippen molar-refractivity contribution in [2.75, 3.05) is 26.7 Å². The van der Waals surface area contributed by atoms with Crippen LogP contribution in [0.15, 0.2) is 24.3 Å². The van der Waals surface area contributed by atoms with E-state index in [4.69, 9.17) is 4.74 Å². The zero-order chi connectivity index (χ0) is 15.5. The summed E-state index contributed by atoms with van der Waals surface area (Å²) in [5, 5.41) is 6.24. The molecule has 0 saturated carbocycles. The second kappa shape index (κ2) is 10.2. The van der Waals surface area contributed by atoms with E-state index in [0.29, 0.717) is 12.3 Å². The molecule has 21 heavy (non-hydrogen) atoms. The lowest BCUT2D eigenvalue weighted by Crippen LogP contribution is -2.29. The average Bonchev–Trinajstić information content (AvgIpc) is 2.46. The van der Waals surface area contributed by atoms with Crippen LogP contribution >= 0.6 is 0 Å². The number of methoxy groups -OCH3 is 1. The van der Waals surface area contributed by atoms with Gasteiger partial charge in [0.15, 0.2) is 0 Å². The number of benzene rings is 1. The molecular formula is C17H28N2O2. The van der Waals surface area contributed by atoms with Crippen molar-refractivity contribution in [2.24, 2.45) is 5.92 Å². The highest BCUT2D eigenvalue weighted by molar-refractivity contribution is 5.75. The molecule has 2 N–H and O–H groups in total. The predicted octanol–water partition coefficient (Wildman–Crippen LogP) is 2.38. The van der Waals surface area contributed by atoms with E-state index < -0.39 is 0 Å². The zero-order valence-corrected chi connectivity index (χ0v) is 13.4. The van der Waals surface area contributed by atoms with Crippen molar-refractivity contribution in [3.8, 4) is 5.75 Å². The molecule has 0 radical (unpaired) electrons. The average molecular weight is 292 g/mol. The monoisotopic (exact) mass is 292 g/mol. The van der Waals surface area contributed by atoms with Crippen LogP contribution in [0.4, 0.5) is 0 Å². The van der Waals surface area contributed by atoms with Crippen molar-refractivity contribution in [3.63, 3.8) is 0 Å². The first kappa shape index (κ1) is 17.5. The van der Waals surface area contributed by atoms with Crippen LogP contribution in [-0.2, 0) is 11.2 Å². The van der Waals surface area contributed by atoms with Crippen molar-refractivity contribution in [2.45, 2.75) is 33.1 Å². The highest BCUT2D eigenvalue weighted by Crippen LogP contribution is 2.12. The number of rotatable bonds is 10. The molecule has 0 aliphatic carbocycles. The SMILES string of the molecule is COc1cccc(CCNCCC(=O)NCCC(C)C)c1. The van der Waals surface area contributed by atoms with Gasteiger partial charge in [0.2, 0.25) is 5.91 Å². The summed E-state index contributed by atoms with van der Waals surface area (Å²) in [4.78, 5) is 11.6. The molecule has 0 fully saturated rings. The molecule has 4 nitrogen and oxygen atoms in total. The molecule has 0 saturated heterocycles. The summed E-state index contributed by atoms with van der Waals surface area (Å²) < 4.78 is 5.19. The van der Waals surface area contributed by atoms with Crippen LogP contribution in [-0.4, -0.2) is 32.7 Å². The first-order valence-electron chi connectivity index (χ1n) is 7.72. The van der Waals surface area contributed by atoms with Gasteiger partial charge in [0.1, 0.15) is 5.75 Å². The van der Waals surface area contributed by atoms with Gasteiger partial charge in [-0.05, 0) is 43.0 Å². The Morgan fingerprint density at radius 2 is 2.05 bits per heavy atom. The van der Waals surface area contributed by atoms with Gasteiger partial charge in [-0.15, -0.1) is 0 Å². The van der Waals surface area contributed by atoms with E-state index >= 15 is 0 Å². The molecule has 0 spiro atoms. The van der Waals surface area contributed by atoms with Gasteiger partial charge in [-0.3, -0.25) is 4.79 Å². The third kappa shape index (κ3) is 8.35. The third-order valence-electron chi connectivity index (χ3n) is 3.30. The van der Waals surface area contributed by atoms with E-state index in [0.717, 1.165) is 38.2 Å². The molecular weight excluding hydrogens is 264 g/mol. The minimum absolute atomic E-state index is 0.129. The summed E-state index contributed by atoms with van der Waals surface area (Å²) >= 11 is 0. The fraction of sp³-hybridized carbons (Fsp3) is 0.588. The topological polar surface area (TPSA) is 50.4 Å². The van der Waals surface area contributed by atoms with E-state index in [2.05, 4.69) is 30.5 Å². The number of carbonyl (C=O) groups is 1. The van der Waals surface area contributed by atoms with E-state index in [1.807, 2.05) is 18.2 Å². The lowest BCUT2D eigenvalue weighted by molar-refractivity contribution is -0.121. The third-order valence-corrected chi connectivity index (χ3v) is 3.30. The first-order valence-corrected chi connectivity index (χ1v) is 7.72. The zero-order valence-electron chi connectivity index (χ0n) is 13.4. The molecule has 0 bridgehead atoms. The van der Waals surface area contributed by atoms with Crippen molar-refractivity contribution in [1.29, 1.82) is 0 Å². The summed E-state index contributed by atoms with van der Waals surface area (Å²) in [6.45, 7) is 6.68. The van der Waals surface area contributed by atoms with Crippen LogP contribution in [0.5, 0.6) is 5.75 Å². The standard InChI is InChI=1S/C17H28N2O2/c1-14(2)7-12-19-17(20)9-11-18-10-8-15-5-4-6-16(13-15)21-3/h4-6,13-14,18H,7-12H2,1-3H3,(H,19,20). The van der Waals surface area contributed by atoms with Crippen molar-refractivity contribution < 1.29 is 9.53 Å². The smallest absolute Gasteiger partial charge is 0.221 e. The second-order valence-corrected chi connectivity index (χ2v) is 5.63. The second-order valence-electron chi connectivity index (χ2n) is 5.63. The van der Waals surface area contributed by atoms with Crippen LogP contribution in [0.3, 0.4) is 0 Å². The normalized spacial score (nSPS) is 10.7. The van der Waals surface area contributed by atoms with Crippen molar-refractivity contribution in [1.82, 2.24) is 10.6 Å². The van der Waals surface area contributed by atoms with Gasteiger partial charge >= 0.3 is 0 Å². The maximum atomic E-state index is 11.6. The summed E-state index contributed by atoms with van der Waals surface area (Å²) in [6, 6.07) is 8.07. The molecule has 1 aromatic rings. The molecule has 0 aliphatic heterocycles. The summed E-state index contributed by atoms with van der Waals surface area (Å²) in [6.07, 6.45) is 2.51. The maximum Gasteiger partial charge on any atom is 0.221 e. The number of ether oxygens (including phenoxy) is 1. The fourth-order valence-electron chi connectivity index (χ4n) is 1.98. The Morgan fingerprint density at radius 3 is 2.76 bits per heavy atom. The Labute approximate surface area is 128 Å². The van der Waals surface area contributed by atoms with Crippen LogP contribution in [0.2, 0.25) is 0 Å². The van der Waals surface area contributed by atoms with E-state index in [1.54, 1.807) is 7.11 Å². The van der Waals surface area contributed by atoms with Gasteiger partial charge in [-0.2, -0.15) is 0 Å². The quantitative estimate of drug-likeness (QED) is 0.651. The lowest BCUT2D eigenvalue weighted by Gasteiger charge is -2.08. The Kier molecular flexibility index (Phi) is 8.51. The molecule has 1 aromatic carbocycles. The number of carbonyl (C=O) groups excluding carboxylic acids is 1. The van der Waals surface area contributed by atoms with Crippen molar-refractivity contribution >= 4 is 5.91 Å². The Hall–Kier alpha value is -1.55. The number of hydrogen-bond acceptors (Lipinski definition) is 3. The Bertz CT molecular complexity index is 419. The highest BCUT2D eigenvalue weighted by Gasteiger charge is 2.01. The van der Waals surface area contributed by atoms with Crippen LogP contribution < -0.4 is 15.4 Å². The summed E-state index contributed by atoms with van der Waals surface area (Å²) in [5.41, 5.74) is 1.24. The molecule has 0 atom stereocenters. The van der Waals surface area contributed by atoms with Crippen LogP contribution in [0.1, 0.15) is 32.3 Å². The van der Waals surface area contributed by atoms with E-state index in [1.165, 1.54) is 5.56 Å². The predicted molar refractivity (Wildman–Crippen MR) is 86.6 cm³/mol. The van der Waals surface area contributed by atoms with E-state index in [9.17, 15) is 4.79 Å². The van der Waals surface area contributed by atoms with Gasteiger partial charge in [-0.25, -0.2) is 0 Å². The first-order chi connectivity index (χ1) is 10.1. The van der Waals surface area contributed by atoms with E-state index in [-0.39, 0.29) is 5.91 Å². The van der Waals surface area contributed by atoms with Crippen molar-refractivity contribution in [3.05, 3.63) is 29.8 Å². The highest BCUT2D eigenvalue weighted by atomic mass is 16.5. The van der Waals surface area contributed by atoms with Crippen LogP contribution in [0, 0.1) is 5.92 Å². The Balaban J connectivity index is 2.07. The summed E-state index contributed by atoms with van der Waals surface area (Å²) in [7, 11) is 1.68. The molecule has 4 heteroatoms. The molecule has 0 unspecified atom stereocenters. The molecule has 0 aliphatic rings. The van der Waals surface area contributed by atoms with Crippen LogP contribution in [0.25, 0.3) is 0 Å². The molecule has 118 valence electrons. The largest absolute Gasteiger partial charge is 0.497 e. The van der Waals surface area contributed by atoms with Gasteiger partial charge in [0.05, 0.1) is 7.11 Å². The minimum Gasteiger partial charge on any atom is -0.497 e. The Morgan fingerprint density at radius 1 is 1.24 bits per heavy atom. The van der Waals surface area contributed by atoms with Gasteiger partial charge in [-0.1, -0.05) is 26.0 Å². The van der Waals surface area contributed by atoms with Gasteiger partial charge in [0.25, 0.3) is 0 Å². The minimum atomic E-state index is 0.129. The molecule has 1 amide bonds. The molecule has 0 aromatic heterocycles. The number of hydrogen-bond donors (Lipinski definition) is 2. The van der Waals surface area contributed by atoms with Gasteiger partial charge < -0.3 is 15.4 Å². The van der Waals surface area contributed by atoms with Gasteiger partial charge in [0, 0.05) is 19.5 Å². The maximum absolute atomic E-state index is 11.6. The summed E-state index contributed by atoms with van der Waals surface area (Å²) in [5.74, 6) is 1.65. The fourth-order valence-corrected chi connectivity index (χ4v) is 1.98. The molecule has 1 rings (SSSR count). The number of nitrogens with one attached hydrogen (secondary N) is 2.